The summed E-state index contributed by atoms with van der Waals surface area (Å²) in [6.45, 7) is 1.74. The normalized spacial score (nSPS) is 10.3. The zero-order chi connectivity index (χ0) is 14.0. The molecule has 2 N–H and O–H groups in total. The number of hydrogen-bond donors (Lipinski definition) is 2. The zero-order valence-electron chi connectivity index (χ0n) is 10.1. The summed E-state index contributed by atoms with van der Waals surface area (Å²) in [4.78, 5) is 12.1. The van der Waals surface area contributed by atoms with E-state index in [4.69, 9.17) is 11.6 Å². The maximum absolute atomic E-state index is 12.1. The van der Waals surface area contributed by atoms with Gasteiger partial charge in [0.05, 0.1) is 10.7 Å². The summed E-state index contributed by atoms with van der Waals surface area (Å²) in [5.74, 6) is -0.0879. The van der Waals surface area contributed by atoms with Crippen molar-refractivity contribution in [3.8, 4) is 5.75 Å². The van der Waals surface area contributed by atoms with Crippen molar-refractivity contribution < 1.29 is 9.90 Å². The van der Waals surface area contributed by atoms with Crippen LogP contribution in [0, 0.1) is 10.5 Å². The van der Waals surface area contributed by atoms with Crippen LogP contribution in [0.4, 0.5) is 5.69 Å². The number of carbonyl (C=O) groups is 1. The van der Waals surface area contributed by atoms with Gasteiger partial charge in [-0.25, -0.2) is 0 Å². The van der Waals surface area contributed by atoms with E-state index in [2.05, 4.69) is 27.9 Å². The summed E-state index contributed by atoms with van der Waals surface area (Å²) in [6, 6.07) is 10.1. The van der Waals surface area contributed by atoms with Gasteiger partial charge in [0.15, 0.2) is 0 Å². The quantitative estimate of drug-likeness (QED) is 0.758. The molecule has 0 aliphatic carbocycles. The van der Waals surface area contributed by atoms with Crippen molar-refractivity contribution in [2.45, 2.75) is 6.92 Å². The standard InChI is InChI=1S/C14H11ClINO2/c1-8-6-9(2-5-13(8)18)14(19)17-12-4-3-10(16)7-11(12)15/h2-7,18H,1H3,(H,17,19). The topological polar surface area (TPSA) is 49.3 Å². The minimum Gasteiger partial charge on any atom is -0.508 e. The number of benzene rings is 2. The number of aryl methyl sites for hydroxylation is 1. The first-order valence-electron chi connectivity index (χ1n) is 5.53. The van der Waals surface area contributed by atoms with E-state index >= 15 is 0 Å². The van der Waals surface area contributed by atoms with Gasteiger partial charge in [-0.05, 0) is 71.5 Å². The van der Waals surface area contributed by atoms with Crippen LogP contribution in [0.2, 0.25) is 5.02 Å². The van der Waals surface area contributed by atoms with Crippen molar-refractivity contribution in [3.63, 3.8) is 0 Å². The van der Waals surface area contributed by atoms with Crippen LogP contribution in [0.15, 0.2) is 36.4 Å². The lowest BCUT2D eigenvalue weighted by atomic mass is 10.1. The maximum atomic E-state index is 12.1. The van der Waals surface area contributed by atoms with Gasteiger partial charge in [0, 0.05) is 9.13 Å². The lowest BCUT2D eigenvalue weighted by Crippen LogP contribution is -2.12. The van der Waals surface area contributed by atoms with Crippen LogP contribution < -0.4 is 5.32 Å². The van der Waals surface area contributed by atoms with Gasteiger partial charge in [0.1, 0.15) is 5.75 Å². The molecule has 0 heterocycles. The minimum atomic E-state index is -0.258. The third kappa shape index (κ3) is 3.39. The van der Waals surface area contributed by atoms with Crippen LogP contribution in [0.1, 0.15) is 15.9 Å². The molecule has 0 fully saturated rings. The van der Waals surface area contributed by atoms with Crippen LogP contribution in [0.3, 0.4) is 0 Å². The third-order valence-electron chi connectivity index (χ3n) is 2.64. The van der Waals surface area contributed by atoms with E-state index in [0.717, 1.165) is 3.57 Å². The molecule has 2 aromatic carbocycles. The molecule has 0 unspecified atom stereocenters. The van der Waals surface area contributed by atoms with E-state index in [9.17, 15) is 9.90 Å². The van der Waals surface area contributed by atoms with E-state index in [1.165, 1.54) is 6.07 Å². The fourth-order valence-electron chi connectivity index (χ4n) is 1.58. The van der Waals surface area contributed by atoms with Crippen LogP contribution >= 0.6 is 34.2 Å². The number of carbonyl (C=O) groups excluding carboxylic acids is 1. The number of hydrogen-bond acceptors (Lipinski definition) is 2. The first-order chi connectivity index (χ1) is 8.97. The number of rotatable bonds is 2. The molecule has 0 aromatic heterocycles. The van der Waals surface area contributed by atoms with Crippen molar-refractivity contribution >= 4 is 45.8 Å². The molecule has 98 valence electrons. The number of nitrogens with one attached hydrogen (secondary N) is 1. The van der Waals surface area contributed by atoms with Gasteiger partial charge >= 0.3 is 0 Å². The second kappa shape index (κ2) is 5.79. The van der Waals surface area contributed by atoms with Crippen LogP contribution in [0.25, 0.3) is 0 Å². The van der Waals surface area contributed by atoms with Crippen molar-refractivity contribution in [1.29, 1.82) is 0 Å². The Bertz CT molecular complexity index is 643. The highest BCUT2D eigenvalue weighted by Gasteiger charge is 2.10. The SMILES string of the molecule is Cc1cc(C(=O)Nc2ccc(I)cc2Cl)ccc1O. The largest absolute Gasteiger partial charge is 0.508 e. The Hall–Kier alpha value is -1.27. The highest BCUT2D eigenvalue weighted by atomic mass is 127. The number of halogens is 2. The molecule has 0 atom stereocenters. The molecular formula is C14H11ClINO2. The Balaban J connectivity index is 2.23. The summed E-state index contributed by atoms with van der Waals surface area (Å²) < 4.78 is 1.00. The van der Waals surface area contributed by atoms with Crippen molar-refractivity contribution in [3.05, 3.63) is 56.1 Å². The molecule has 2 rings (SSSR count). The summed E-state index contributed by atoms with van der Waals surface area (Å²) in [6.07, 6.45) is 0. The highest BCUT2D eigenvalue weighted by Crippen LogP contribution is 2.25. The highest BCUT2D eigenvalue weighted by molar-refractivity contribution is 14.1. The number of amides is 1. The van der Waals surface area contributed by atoms with E-state index in [-0.39, 0.29) is 11.7 Å². The van der Waals surface area contributed by atoms with E-state index in [0.29, 0.717) is 21.8 Å². The van der Waals surface area contributed by atoms with Gasteiger partial charge in [0.2, 0.25) is 0 Å². The molecule has 5 heteroatoms. The summed E-state index contributed by atoms with van der Waals surface area (Å²) in [5.41, 5.74) is 1.70. The summed E-state index contributed by atoms with van der Waals surface area (Å²) in [5, 5.41) is 12.7. The van der Waals surface area contributed by atoms with Crippen molar-refractivity contribution in [2.24, 2.45) is 0 Å². The summed E-state index contributed by atoms with van der Waals surface area (Å²) in [7, 11) is 0. The van der Waals surface area contributed by atoms with E-state index in [1.807, 2.05) is 6.07 Å². The molecule has 2 aromatic rings. The molecule has 0 radical (unpaired) electrons. The Morgan fingerprint density at radius 2 is 2.00 bits per heavy atom. The lowest BCUT2D eigenvalue weighted by molar-refractivity contribution is 0.102. The predicted octanol–water partition coefficient (Wildman–Crippen LogP) is 4.21. The summed E-state index contributed by atoms with van der Waals surface area (Å²) >= 11 is 8.21. The minimum absolute atomic E-state index is 0.170. The molecule has 0 bridgehead atoms. The molecule has 1 amide bonds. The van der Waals surface area contributed by atoms with Crippen molar-refractivity contribution in [1.82, 2.24) is 0 Å². The Morgan fingerprint density at radius 3 is 2.63 bits per heavy atom. The molecule has 3 nitrogen and oxygen atoms in total. The Morgan fingerprint density at radius 1 is 1.26 bits per heavy atom. The van der Waals surface area contributed by atoms with Gasteiger partial charge in [-0.3, -0.25) is 4.79 Å². The van der Waals surface area contributed by atoms with Crippen LogP contribution in [0.5, 0.6) is 5.75 Å². The molecule has 0 spiro atoms. The molecule has 0 saturated carbocycles. The second-order valence-electron chi connectivity index (χ2n) is 4.08. The van der Waals surface area contributed by atoms with Crippen LogP contribution in [-0.2, 0) is 0 Å². The molecule has 0 aliphatic heterocycles. The monoisotopic (exact) mass is 387 g/mol. The predicted molar refractivity (Wildman–Crippen MR) is 85.0 cm³/mol. The number of phenolic OH excluding ortho intramolecular Hbond substituents is 1. The van der Waals surface area contributed by atoms with E-state index in [1.54, 1.807) is 31.2 Å². The van der Waals surface area contributed by atoms with E-state index < -0.39 is 0 Å². The van der Waals surface area contributed by atoms with Gasteiger partial charge in [-0.1, -0.05) is 11.6 Å². The van der Waals surface area contributed by atoms with Gasteiger partial charge < -0.3 is 10.4 Å². The van der Waals surface area contributed by atoms with Gasteiger partial charge in [-0.2, -0.15) is 0 Å². The molecule has 19 heavy (non-hydrogen) atoms. The number of phenols is 1. The van der Waals surface area contributed by atoms with Crippen molar-refractivity contribution in [2.75, 3.05) is 5.32 Å². The fourth-order valence-corrected chi connectivity index (χ4v) is 2.49. The maximum Gasteiger partial charge on any atom is 0.255 e. The van der Waals surface area contributed by atoms with Gasteiger partial charge in [0.25, 0.3) is 5.91 Å². The smallest absolute Gasteiger partial charge is 0.255 e. The first-order valence-corrected chi connectivity index (χ1v) is 6.99. The van der Waals surface area contributed by atoms with Crippen LogP contribution in [-0.4, -0.2) is 11.0 Å². The second-order valence-corrected chi connectivity index (χ2v) is 5.73. The molecule has 0 aliphatic rings. The lowest BCUT2D eigenvalue weighted by Gasteiger charge is -2.08. The van der Waals surface area contributed by atoms with Gasteiger partial charge in [-0.15, -0.1) is 0 Å². The third-order valence-corrected chi connectivity index (χ3v) is 3.62. The fraction of sp³-hybridized carbons (Fsp3) is 0.0714. The first kappa shape index (κ1) is 14.1. The molecule has 0 saturated heterocycles. The zero-order valence-corrected chi connectivity index (χ0v) is 13.0. The Kier molecular flexibility index (Phi) is 4.31. The number of aromatic hydroxyl groups is 1. The number of anilines is 1. The Labute approximate surface area is 129 Å². The molecular weight excluding hydrogens is 377 g/mol. The average Bonchev–Trinajstić information content (AvgIpc) is 2.36. The average molecular weight is 388 g/mol.